The lowest BCUT2D eigenvalue weighted by Crippen LogP contribution is -2.15. The number of aliphatic carboxylic acids is 1. The number of alkyl halides is 2. The minimum Gasteiger partial charge on any atom is -0.481 e. The van der Waals surface area contributed by atoms with E-state index >= 15 is 0 Å². The Balaban J connectivity index is -0.000000107. The summed E-state index contributed by atoms with van der Waals surface area (Å²) in [5.74, 6) is -0.0278. The van der Waals surface area contributed by atoms with Crippen molar-refractivity contribution >= 4 is 11.9 Å². The van der Waals surface area contributed by atoms with Crippen LogP contribution in [0.2, 0.25) is 0 Å². The van der Waals surface area contributed by atoms with Gasteiger partial charge in [-0.25, -0.2) is 8.78 Å². The van der Waals surface area contributed by atoms with Crippen molar-refractivity contribution < 1.29 is 47.2 Å². The number of unbranched alkanes of at least 4 members (excludes halogenated alkanes) is 1. The molecule has 0 unspecified atom stereocenters. The number of halogens is 2. The molecule has 0 heterocycles. The first-order valence-corrected chi connectivity index (χ1v) is 27.2. The van der Waals surface area contributed by atoms with Crippen molar-refractivity contribution in [2.24, 2.45) is 49.2 Å². The Kier molecular flexibility index (Phi) is 57.3. The summed E-state index contributed by atoms with van der Waals surface area (Å²) in [7, 11) is 5.26. The van der Waals surface area contributed by atoms with Crippen LogP contribution in [0.4, 0.5) is 8.78 Å². The lowest BCUT2D eigenvalue weighted by molar-refractivity contribution is -0.145. The second kappa shape index (κ2) is 47.1. The molecule has 0 saturated carbocycles. The highest BCUT2D eigenvalue weighted by Gasteiger charge is 2.17. The van der Waals surface area contributed by atoms with Crippen molar-refractivity contribution in [3.05, 3.63) is 0 Å². The highest BCUT2D eigenvalue weighted by Crippen LogP contribution is 2.25. The molecule has 0 aliphatic carbocycles. The SMILES string of the molecule is CC(C)(C)CC(=O)O.CC(C)(C)CCC(F)F.CC(C)C(C)(C)C.CCOC(=O)CC(C)(C)C.CCOCCCC(C)(C)C.COCCC(C)(C)C.COCCCC(C)(C)C.COCCCCC(C)(C)C. The van der Waals surface area contributed by atoms with Gasteiger partial charge in [-0.3, -0.25) is 9.59 Å². The number of ether oxygens (including phenoxy) is 5. The van der Waals surface area contributed by atoms with E-state index in [4.69, 9.17) is 28.8 Å². The average Bonchev–Trinajstić information content (AvgIpc) is 3.12. The summed E-state index contributed by atoms with van der Waals surface area (Å²) in [5.41, 5.74) is 2.38. The number of hydrogen-bond acceptors (Lipinski definition) is 7. The van der Waals surface area contributed by atoms with Gasteiger partial charge in [0.2, 0.25) is 6.43 Å². The Morgan fingerprint density at radius 2 is 0.761 bits per heavy atom. The third-order valence-corrected chi connectivity index (χ3v) is 9.78. The van der Waals surface area contributed by atoms with E-state index in [9.17, 15) is 18.4 Å². The first kappa shape index (κ1) is 86.4. The lowest BCUT2D eigenvalue weighted by Gasteiger charge is -2.22. The molecule has 0 fully saturated rings. The largest absolute Gasteiger partial charge is 0.481 e. The topological polar surface area (TPSA) is 101 Å². The zero-order chi connectivity index (χ0) is 58.6. The fourth-order valence-electron chi connectivity index (χ4n) is 4.55. The van der Waals surface area contributed by atoms with Gasteiger partial charge in [-0.15, -0.1) is 0 Å². The van der Waals surface area contributed by atoms with Gasteiger partial charge in [0.1, 0.15) is 0 Å². The van der Waals surface area contributed by atoms with Gasteiger partial charge < -0.3 is 28.8 Å². The Morgan fingerprint density at radius 3 is 0.972 bits per heavy atom. The van der Waals surface area contributed by atoms with E-state index in [1.165, 1.54) is 44.9 Å². The summed E-state index contributed by atoms with van der Waals surface area (Å²) in [6.07, 6.45) is 9.06. The van der Waals surface area contributed by atoms with Crippen LogP contribution in [0.25, 0.3) is 0 Å². The standard InChI is InChI=1S/2C9H20O.C8H16O2.C8H18O.C7H14F2.C7H16O.C7H16.C6H12O2/c1-9(2,3)7-5-6-8-10-4;1-5-10-8-6-7-9(2,3)4;1-5-10-7(9)6-8(2,3)4;1-8(2,3)6-5-7-9-4;1-7(2,3)5-4-6(8)9;1-7(2,3)5-6-8-4;1-6(2)7(3,4)5;1-6(2,3)4-5(7)8/h2*5-8H2,1-4H3;5-6H2,1-4H3;5-7H2,1-4H3;6H,4-5H2,1-3H3;5-6H2,1-4H3;6H,1-5H3;4H2,1-3H3,(H,7,8). The van der Waals surface area contributed by atoms with Crippen molar-refractivity contribution in [3.8, 4) is 0 Å². The Labute approximate surface area is 445 Å². The Morgan fingerprint density at radius 1 is 0.437 bits per heavy atom. The number of hydrogen-bond donors (Lipinski definition) is 1. The van der Waals surface area contributed by atoms with Gasteiger partial charge in [0.15, 0.2) is 0 Å². The van der Waals surface area contributed by atoms with E-state index < -0.39 is 12.4 Å². The van der Waals surface area contributed by atoms with E-state index in [1.807, 2.05) is 76.2 Å². The first-order chi connectivity index (χ1) is 31.5. The maximum absolute atomic E-state index is 11.6. The molecule has 0 aliphatic heterocycles. The van der Waals surface area contributed by atoms with Crippen LogP contribution in [0.1, 0.15) is 271 Å². The maximum atomic E-state index is 11.6. The van der Waals surface area contributed by atoms with Gasteiger partial charge in [0.25, 0.3) is 0 Å². The molecule has 1 N–H and O–H groups in total. The zero-order valence-electron chi connectivity index (χ0n) is 53.9. The van der Waals surface area contributed by atoms with Crippen molar-refractivity contribution in [1.82, 2.24) is 0 Å². The summed E-state index contributed by atoms with van der Waals surface area (Å²) < 4.78 is 47.9. The summed E-state index contributed by atoms with van der Waals surface area (Å²) in [4.78, 5) is 20.9. The Bertz CT molecular complexity index is 1090. The predicted molar refractivity (Wildman–Crippen MR) is 308 cm³/mol. The molecule has 0 radical (unpaired) electrons. The van der Waals surface area contributed by atoms with E-state index in [0.717, 1.165) is 45.4 Å². The monoisotopic (exact) mass is 1030 g/mol. The summed E-state index contributed by atoms with van der Waals surface area (Å²) >= 11 is 0. The third kappa shape index (κ3) is 129. The minimum atomic E-state index is -2.13. The molecule has 10 heteroatoms. The number of methoxy groups -OCH3 is 3. The van der Waals surface area contributed by atoms with Crippen LogP contribution in [0, 0.1) is 49.2 Å². The molecule has 8 nitrogen and oxygen atoms in total. The normalized spacial score (nSPS) is 12.0. The molecule has 0 aliphatic rings. The van der Waals surface area contributed by atoms with E-state index in [-0.39, 0.29) is 35.1 Å². The van der Waals surface area contributed by atoms with Gasteiger partial charge in [-0.2, -0.15) is 0 Å². The van der Waals surface area contributed by atoms with Gasteiger partial charge in [0, 0.05) is 60.8 Å². The van der Waals surface area contributed by atoms with Crippen LogP contribution < -0.4 is 0 Å². The molecule has 0 rings (SSSR count). The molecule has 0 bridgehead atoms. The van der Waals surface area contributed by atoms with Crippen molar-refractivity contribution in [2.45, 2.75) is 277 Å². The average molecular weight is 1030 g/mol. The third-order valence-electron chi connectivity index (χ3n) is 9.78. The van der Waals surface area contributed by atoms with Crippen LogP contribution in [-0.2, 0) is 33.3 Å². The molecular weight excluding hydrogens is 899 g/mol. The summed E-state index contributed by atoms with van der Waals surface area (Å²) in [5, 5.41) is 8.25. The van der Waals surface area contributed by atoms with Gasteiger partial charge in [-0.1, -0.05) is 186 Å². The highest BCUT2D eigenvalue weighted by atomic mass is 19.3. The quantitative estimate of drug-likeness (QED) is 0.107. The number of carbonyl (C=O) groups is 2. The van der Waals surface area contributed by atoms with Crippen LogP contribution >= 0.6 is 0 Å². The van der Waals surface area contributed by atoms with Crippen LogP contribution in [0.5, 0.6) is 0 Å². The fourth-order valence-corrected chi connectivity index (χ4v) is 4.55. The molecular formula is C61H132F2O8. The highest BCUT2D eigenvalue weighted by molar-refractivity contribution is 5.70. The molecule has 0 aromatic heterocycles. The number of rotatable bonds is 18. The number of esters is 1. The number of carboxylic acid groups (broad SMARTS) is 1. The molecule has 0 spiro atoms. The van der Waals surface area contributed by atoms with Gasteiger partial charge in [0.05, 0.1) is 19.4 Å². The van der Waals surface area contributed by atoms with Gasteiger partial charge in [-0.05, 0) is 114 Å². The zero-order valence-corrected chi connectivity index (χ0v) is 53.9. The second-order valence-electron chi connectivity index (χ2n) is 28.5. The van der Waals surface area contributed by atoms with E-state index in [0.29, 0.717) is 46.5 Å². The minimum absolute atomic E-state index is 0.0312. The van der Waals surface area contributed by atoms with E-state index in [2.05, 4.69) is 118 Å². The van der Waals surface area contributed by atoms with Crippen molar-refractivity contribution in [1.29, 1.82) is 0 Å². The van der Waals surface area contributed by atoms with Crippen LogP contribution in [0.3, 0.4) is 0 Å². The van der Waals surface area contributed by atoms with Crippen LogP contribution in [0.15, 0.2) is 0 Å². The molecule has 0 atom stereocenters. The summed E-state index contributed by atoms with van der Waals surface area (Å²) in [6, 6.07) is 0. The first-order valence-electron chi connectivity index (χ1n) is 27.2. The van der Waals surface area contributed by atoms with Crippen molar-refractivity contribution in [2.75, 3.05) is 61.0 Å². The predicted octanol–water partition coefficient (Wildman–Crippen LogP) is 19.5. The fraction of sp³-hybridized carbons (Fsp3) is 0.967. The smallest absolute Gasteiger partial charge is 0.306 e. The molecule has 71 heavy (non-hydrogen) atoms. The number of carboxylic acids is 1. The Hall–Kier alpha value is -1.36. The molecule has 0 aromatic rings. The van der Waals surface area contributed by atoms with Crippen LogP contribution in [-0.4, -0.2) is 84.4 Å². The van der Waals surface area contributed by atoms with Crippen molar-refractivity contribution in [3.63, 3.8) is 0 Å². The maximum Gasteiger partial charge on any atom is 0.306 e. The molecule has 0 saturated heterocycles. The lowest BCUT2D eigenvalue weighted by atomic mass is 9.84. The molecule has 0 amide bonds. The molecule has 438 valence electrons. The van der Waals surface area contributed by atoms with E-state index in [1.54, 1.807) is 21.3 Å². The van der Waals surface area contributed by atoms with Gasteiger partial charge >= 0.3 is 11.9 Å². The second-order valence-corrected chi connectivity index (χ2v) is 28.5. The number of carbonyl (C=O) groups excluding carboxylic acids is 1. The molecule has 0 aromatic carbocycles. The summed E-state index contributed by atoms with van der Waals surface area (Å²) in [6.45, 7) is 64.8.